The van der Waals surface area contributed by atoms with Crippen molar-refractivity contribution >= 4 is 17.6 Å². The van der Waals surface area contributed by atoms with Crippen LogP contribution < -0.4 is 5.73 Å². The van der Waals surface area contributed by atoms with E-state index < -0.39 is 17.4 Å². The first-order valence-electron chi connectivity index (χ1n) is 7.18. The lowest BCUT2D eigenvalue weighted by Gasteiger charge is -2.44. The molecule has 5 heteroatoms. The molecule has 1 unspecified atom stereocenters. The standard InChI is InChI=1S/C16H22N2O3/c1-16(2)8-3-9-18(14(16)15(20)21)13(19)10-11-4-6-12(17)7-5-11/h4-7,14H,3,8-10,17H2,1-2H3,(H,20,21). The Kier molecular flexibility index (Phi) is 4.21. The number of amides is 1. The zero-order chi connectivity index (χ0) is 15.6. The molecule has 2 rings (SSSR count). The lowest BCUT2D eigenvalue weighted by molar-refractivity contribution is -0.158. The predicted octanol–water partition coefficient (Wildman–Crippen LogP) is 1.91. The first-order chi connectivity index (χ1) is 9.81. The molecule has 21 heavy (non-hydrogen) atoms. The molecule has 1 fully saturated rings. The van der Waals surface area contributed by atoms with Gasteiger partial charge in [-0.2, -0.15) is 0 Å². The fourth-order valence-corrected chi connectivity index (χ4v) is 3.04. The number of nitrogens with two attached hydrogens (primary N) is 1. The van der Waals surface area contributed by atoms with Gasteiger partial charge in [0.1, 0.15) is 6.04 Å². The van der Waals surface area contributed by atoms with Crippen molar-refractivity contribution in [1.82, 2.24) is 4.90 Å². The third-order valence-corrected chi connectivity index (χ3v) is 4.16. The Morgan fingerprint density at radius 2 is 1.95 bits per heavy atom. The maximum Gasteiger partial charge on any atom is 0.326 e. The number of carbonyl (C=O) groups excluding carboxylic acids is 1. The van der Waals surface area contributed by atoms with E-state index in [0.717, 1.165) is 18.4 Å². The highest BCUT2D eigenvalue weighted by Crippen LogP contribution is 2.35. The minimum absolute atomic E-state index is 0.139. The van der Waals surface area contributed by atoms with Gasteiger partial charge < -0.3 is 15.7 Å². The minimum atomic E-state index is -0.926. The van der Waals surface area contributed by atoms with Crippen LogP contribution in [0.3, 0.4) is 0 Å². The summed E-state index contributed by atoms with van der Waals surface area (Å²) in [6.07, 6.45) is 1.86. The van der Waals surface area contributed by atoms with Crippen molar-refractivity contribution in [2.75, 3.05) is 12.3 Å². The second-order valence-electron chi connectivity index (χ2n) is 6.34. The van der Waals surface area contributed by atoms with Crippen LogP contribution in [0.5, 0.6) is 0 Å². The van der Waals surface area contributed by atoms with E-state index in [0.29, 0.717) is 12.2 Å². The number of piperidine rings is 1. The largest absolute Gasteiger partial charge is 0.480 e. The van der Waals surface area contributed by atoms with Crippen molar-refractivity contribution in [3.05, 3.63) is 29.8 Å². The molecule has 1 aromatic carbocycles. The molecule has 1 aliphatic heterocycles. The van der Waals surface area contributed by atoms with Gasteiger partial charge in [0.25, 0.3) is 0 Å². The van der Waals surface area contributed by atoms with E-state index in [1.165, 1.54) is 4.90 Å². The Morgan fingerprint density at radius 3 is 2.52 bits per heavy atom. The summed E-state index contributed by atoms with van der Waals surface area (Å²) in [6.45, 7) is 4.33. The molecular formula is C16H22N2O3. The normalized spacial score (nSPS) is 21.0. The Bertz CT molecular complexity index is 537. The zero-order valence-corrected chi connectivity index (χ0v) is 12.5. The molecule has 1 heterocycles. The van der Waals surface area contributed by atoms with Crippen molar-refractivity contribution in [3.8, 4) is 0 Å². The Hall–Kier alpha value is -2.04. The van der Waals surface area contributed by atoms with Gasteiger partial charge in [-0.05, 0) is 36.0 Å². The number of rotatable bonds is 3. The van der Waals surface area contributed by atoms with Crippen LogP contribution in [0.1, 0.15) is 32.3 Å². The fraction of sp³-hybridized carbons (Fsp3) is 0.500. The van der Waals surface area contributed by atoms with Crippen LogP contribution in [0.15, 0.2) is 24.3 Å². The predicted molar refractivity (Wildman–Crippen MR) is 80.7 cm³/mol. The van der Waals surface area contributed by atoms with Gasteiger partial charge in [0.2, 0.25) is 5.91 Å². The molecule has 0 spiro atoms. The molecule has 5 nitrogen and oxygen atoms in total. The van der Waals surface area contributed by atoms with Crippen molar-refractivity contribution in [3.63, 3.8) is 0 Å². The number of nitrogen functional groups attached to an aromatic ring is 1. The molecule has 1 atom stereocenters. The van der Waals surface area contributed by atoms with Crippen molar-refractivity contribution in [2.24, 2.45) is 5.41 Å². The first-order valence-corrected chi connectivity index (χ1v) is 7.18. The lowest BCUT2D eigenvalue weighted by atomic mass is 9.76. The van der Waals surface area contributed by atoms with Crippen molar-refractivity contribution < 1.29 is 14.7 Å². The summed E-state index contributed by atoms with van der Waals surface area (Å²) in [6, 6.07) is 6.35. The number of likely N-dealkylation sites (tertiary alicyclic amines) is 1. The molecule has 1 aliphatic rings. The Labute approximate surface area is 124 Å². The highest BCUT2D eigenvalue weighted by atomic mass is 16.4. The van der Waals surface area contributed by atoms with Crippen molar-refractivity contribution in [2.45, 2.75) is 39.2 Å². The molecule has 0 saturated carbocycles. The van der Waals surface area contributed by atoms with E-state index >= 15 is 0 Å². The second kappa shape index (κ2) is 5.76. The maximum atomic E-state index is 12.5. The van der Waals surface area contributed by atoms with Crippen LogP contribution in [0.25, 0.3) is 0 Å². The third kappa shape index (κ3) is 3.35. The van der Waals surface area contributed by atoms with E-state index in [1.807, 2.05) is 13.8 Å². The molecule has 0 aliphatic carbocycles. The van der Waals surface area contributed by atoms with Gasteiger partial charge in [0.15, 0.2) is 0 Å². The average Bonchev–Trinajstić information content (AvgIpc) is 2.39. The summed E-state index contributed by atoms with van der Waals surface area (Å²) in [4.78, 5) is 25.6. The van der Waals surface area contributed by atoms with E-state index in [-0.39, 0.29) is 12.3 Å². The molecule has 1 aromatic rings. The second-order valence-corrected chi connectivity index (χ2v) is 6.34. The molecule has 1 amide bonds. The number of benzene rings is 1. The molecule has 0 aromatic heterocycles. The summed E-state index contributed by atoms with van der Waals surface area (Å²) >= 11 is 0. The van der Waals surface area contributed by atoms with Gasteiger partial charge in [-0.25, -0.2) is 4.79 Å². The number of hydrogen-bond acceptors (Lipinski definition) is 3. The summed E-state index contributed by atoms with van der Waals surface area (Å²) in [5.41, 5.74) is 6.72. The Balaban J connectivity index is 2.16. The Morgan fingerprint density at radius 1 is 1.33 bits per heavy atom. The van der Waals surface area contributed by atoms with E-state index in [2.05, 4.69) is 0 Å². The van der Waals surface area contributed by atoms with Crippen LogP contribution in [-0.4, -0.2) is 34.5 Å². The number of aliphatic carboxylic acids is 1. The quantitative estimate of drug-likeness (QED) is 0.833. The monoisotopic (exact) mass is 290 g/mol. The molecule has 0 bridgehead atoms. The molecule has 0 radical (unpaired) electrons. The molecular weight excluding hydrogens is 268 g/mol. The van der Waals surface area contributed by atoms with E-state index in [1.54, 1.807) is 24.3 Å². The first kappa shape index (κ1) is 15.4. The van der Waals surface area contributed by atoms with Gasteiger partial charge in [0.05, 0.1) is 6.42 Å². The molecule has 1 saturated heterocycles. The molecule has 114 valence electrons. The smallest absolute Gasteiger partial charge is 0.326 e. The van der Waals surface area contributed by atoms with E-state index in [4.69, 9.17) is 5.73 Å². The van der Waals surface area contributed by atoms with Crippen molar-refractivity contribution in [1.29, 1.82) is 0 Å². The van der Waals surface area contributed by atoms with Gasteiger partial charge >= 0.3 is 5.97 Å². The summed E-state index contributed by atoms with van der Waals surface area (Å²) in [7, 11) is 0. The van der Waals surface area contributed by atoms with Gasteiger partial charge in [-0.1, -0.05) is 26.0 Å². The maximum absolute atomic E-state index is 12.5. The van der Waals surface area contributed by atoms with Gasteiger partial charge in [-0.3, -0.25) is 4.79 Å². The number of carboxylic acids is 1. The zero-order valence-electron chi connectivity index (χ0n) is 12.5. The molecule has 3 N–H and O–H groups in total. The topological polar surface area (TPSA) is 83.6 Å². The summed E-state index contributed by atoms with van der Waals surface area (Å²) < 4.78 is 0. The van der Waals surface area contributed by atoms with Crippen LogP contribution in [0, 0.1) is 5.41 Å². The number of carboxylic acid groups (broad SMARTS) is 1. The van der Waals surface area contributed by atoms with E-state index in [9.17, 15) is 14.7 Å². The number of nitrogens with zero attached hydrogens (tertiary/aromatic N) is 1. The SMILES string of the molecule is CC1(C)CCCN(C(=O)Cc2ccc(N)cc2)C1C(=O)O. The number of carbonyl (C=O) groups is 2. The van der Waals surface area contributed by atoms with Crippen LogP contribution in [0.2, 0.25) is 0 Å². The summed E-state index contributed by atoms with van der Waals surface area (Å²) in [5.74, 6) is -1.06. The third-order valence-electron chi connectivity index (χ3n) is 4.16. The highest BCUT2D eigenvalue weighted by molar-refractivity contribution is 5.85. The van der Waals surface area contributed by atoms with Crippen LogP contribution in [0.4, 0.5) is 5.69 Å². The number of anilines is 1. The number of hydrogen-bond donors (Lipinski definition) is 2. The van der Waals surface area contributed by atoms with Crippen LogP contribution in [-0.2, 0) is 16.0 Å². The average molecular weight is 290 g/mol. The lowest BCUT2D eigenvalue weighted by Crippen LogP contribution is -2.56. The van der Waals surface area contributed by atoms with Crippen LogP contribution >= 0.6 is 0 Å². The van der Waals surface area contributed by atoms with Gasteiger partial charge in [0, 0.05) is 12.2 Å². The minimum Gasteiger partial charge on any atom is -0.480 e. The fourth-order valence-electron chi connectivity index (χ4n) is 3.04. The highest BCUT2D eigenvalue weighted by Gasteiger charge is 2.44. The summed E-state index contributed by atoms with van der Waals surface area (Å²) in [5, 5.41) is 9.49. The van der Waals surface area contributed by atoms with Gasteiger partial charge in [-0.15, -0.1) is 0 Å².